The summed E-state index contributed by atoms with van der Waals surface area (Å²) < 4.78 is 0. The largest absolute Gasteiger partial charge is 0.346 e. The molecule has 0 saturated heterocycles. The fraction of sp³-hybridized carbons (Fsp3) is 0.632. The van der Waals surface area contributed by atoms with Crippen LogP contribution in [0.5, 0.6) is 0 Å². The van der Waals surface area contributed by atoms with Crippen LogP contribution >= 0.6 is 0 Å². The maximum atomic E-state index is 12.0. The second-order valence-electron chi connectivity index (χ2n) is 7.47. The van der Waals surface area contributed by atoms with Gasteiger partial charge < -0.3 is 42.4 Å². The van der Waals surface area contributed by atoms with Gasteiger partial charge in [-0.3, -0.25) is 28.8 Å². The maximum Gasteiger partial charge on any atom is 0.242 e. The highest BCUT2D eigenvalue weighted by molar-refractivity contribution is 5.94. The van der Waals surface area contributed by atoms with Gasteiger partial charge in [-0.05, 0) is 34.6 Å². The van der Waals surface area contributed by atoms with E-state index in [2.05, 4.69) is 31.9 Å². The molecule has 0 aromatic heterocycles. The molecule has 14 nitrogen and oxygen atoms in total. The number of hydrogen-bond acceptors (Lipinski definition) is 8. The van der Waals surface area contributed by atoms with Gasteiger partial charge in [-0.2, -0.15) is 0 Å². The third-order valence-electron chi connectivity index (χ3n) is 4.13. The molecule has 14 heteroatoms. The van der Waals surface area contributed by atoms with Gasteiger partial charge in [0.15, 0.2) is 0 Å². The van der Waals surface area contributed by atoms with Crippen LogP contribution < -0.4 is 37.6 Å². The van der Waals surface area contributed by atoms with Gasteiger partial charge in [0.1, 0.15) is 24.4 Å². The Labute approximate surface area is 191 Å². The fourth-order valence-electron chi connectivity index (χ4n) is 2.12. The van der Waals surface area contributed by atoms with Crippen molar-refractivity contribution in [3.63, 3.8) is 0 Å². The Morgan fingerprint density at radius 1 is 0.636 bits per heavy atom. The van der Waals surface area contributed by atoms with Crippen molar-refractivity contribution in [3.05, 3.63) is 0 Å². The molecule has 0 fully saturated rings. The average Bonchev–Trinajstić information content (AvgIpc) is 2.75. The third-order valence-corrected chi connectivity index (χ3v) is 4.13. The Bertz CT molecular complexity index is 757. The first-order valence-corrected chi connectivity index (χ1v) is 10.2. The number of hydrogen-bond donors (Lipinski definition) is 7. The van der Waals surface area contributed by atoms with Gasteiger partial charge in [0.05, 0.1) is 25.2 Å². The molecular formula is C19H33N7O7. The summed E-state index contributed by atoms with van der Waals surface area (Å²) in [5, 5.41) is 14.0. The Balaban J connectivity index is 4.32. The zero-order valence-corrected chi connectivity index (χ0v) is 19.3. The summed E-state index contributed by atoms with van der Waals surface area (Å²) in [5.74, 6) is -3.71. The number of rotatable bonds is 13. The van der Waals surface area contributed by atoms with E-state index in [-0.39, 0.29) is 0 Å². The number of amides is 6. The van der Waals surface area contributed by atoms with Crippen LogP contribution in [0.2, 0.25) is 0 Å². The highest BCUT2D eigenvalue weighted by Crippen LogP contribution is 1.89. The minimum absolute atomic E-state index is 0.446. The van der Waals surface area contributed by atoms with E-state index in [0.717, 1.165) is 0 Å². The normalized spacial score (nSPS) is 14.8. The van der Waals surface area contributed by atoms with E-state index in [1.54, 1.807) is 0 Å². The molecule has 0 bridgehead atoms. The Morgan fingerprint density at radius 2 is 1.09 bits per heavy atom. The van der Waals surface area contributed by atoms with Gasteiger partial charge in [0, 0.05) is 0 Å². The molecule has 0 aromatic carbocycles. The van der Waals surface area contributed by atoms with E-state index in [4.69, 9.17) is 5.73 Å². The third kappa shape index (κ3) is 12.2. The lowest BCUT2D eigenvalue weighted by Crippen LogP contribution is -2.54. The smallest absolute Gasteiger partial charge is 0.242 e. The predicted octanol–water partition coefficient (Wildman–Crippen LogP) is -4.22. The Kier molecular flexibility index (Phi) is 12.9. The second-order valence-corrected chi connectivity index (χ2v) is 7.47. The van der Waals surface area contributed by atoms with Crippen molar-refractivity contribution in [1.82, 2.24) is 31.9 Å². The highest BCUT2D eigenvalue weighted by Gasteiger charge is 2.22. The standard InChI is InChI=1S/C19H33N7O7/c1-9(8-27)23-18(32)12(4)24-15(29)7-21-14(28)6-22-17(31)11(3)26-19(33)13(5)25-16(30)10(2)20/h8-13H,6-7,20H2,1-5H3,(H,21,28)(H,22,31)(H,23,32)(H,24,29)(H,25,30)(H,26,33)/t9-,10-,11-,12-,13-/m0/s1. The first kappa shape index (κ1) is 29.5. The van der Waals surface area contributed by atoms with Crippen LogP contribution in [0.1, 0.15) is 34.6 Å². The van der Waals surface area contributed by atoms with Crippen molar-refractivity contribution >= 4 is 41.7 Å². The number of nitrogens with two attached hydrogens (primary N) is 1. The molecule has 5 atom stereocenters. The van der Waals surface area contributed by atoms with Crippen LogP contribution in [0, 0.1) is 0 Å². The first-order valence-electron chi connectivity index (χ1n) is 10.2. The molecule has 0 aromatic rings. The van der Waals surface area contributed by atoms with Crippen molar-refractivity contribution < 1.29 is 33.6 Å². The van der Waals surface area contributed by atoms with Crippen LogP contribution in [0.15, 0.2) is 0 Å². The van der Waals surface area contributed by atoms with Gasteiger partial charge in [0.2, 0.25) is 35.4 Å². The van der Waals surface area contributed by atoms with Gasteiger partial charge in [-0.15, -0.1) is 0 Å². The lowest BCUT2D eigenvalue weighted by atomic mass is 10.2. The first-order chi connectivity index (χ1) is 15.3. The highest BCUT2D eigenvalue weighted by atomic mass is 16.2. The SMILES string of the molecule is C[C@H](N)C(=O)N[C@@H](C)C(=O)N[C@@H](C)C(=O)NCC(=O)NCC(=O)N[C@@H](C)C(=O)N[C@@H](C)C=O. The zero-order valence-electron chi connectivity index (χ0n) is 19.3. The summed E-state index contributed by atoms with van der Waals surface area (Å²) in [6, 6.07) is -4.36. The Morgan fingerprint density at radius 3 is 1.64 bits per heavy atom. The van der Waals surface area contributed by atoms with E-state index in [0.29, 0.717) is 6.29 Å². The molecule has 8 N–H and O–H groups in total. The summed E-state index contributed by atoms with van der Waals surface area (Å²) in [5.41, 5.74) is 5.40. The van der Waals surface area contributed by atoms with Crippen molar-refractivity contribution in [3.8, 4) is 0 Å². The molecule has 186 valence electrons. The van der Waals surface area contributed by atoms with Gasteiger partial charge in [-0.25, -0.2) is 0 Å². The summed E-state index contributed by atoms with van der Waals surface area (Å²) >= 11 is 0. The summed E-state index contributed by atoms with van der Waals surface area (Å²) in [4.78, 5) is 81.5. The van der Waals surface area contributed by atoms with E-state index < -0.39 is 78.7 Å². The molecule has 0 unspecified atom stereocenters. The molecule has 6 amide bonds. The van der Waals surface area contributed by atoms with E-state index >= 15 is 0 Å². The molecule has 0 aliphatic rings. The fourth-order valence-corrected chi connectivity index (χ4v) is 2.12. The predicted molar refractivity (Wildman–Crippen MR) is 116 cm³/mol. The summed E-state index contributed by atoms with van der Waals surface area (Å²) in [6.45, 7) is 6.24. The molecule has 0 rings (SSSR count). The minimum atomic E-state index is -1.00. The number of carbonyl (C=O) groups excluding carboxylic acids is 7. The lowest BCUT2D eigenvalue weighted by Gasteiger charge is -2.19. The van der Waals surface area contributed by atoms with Crippen LogP contribution in [-0.2, 0) is 33.6 Å². The molecule has 0 saturated carbocycles. The number of nitrogens with one attached hydrogen (secondary N) is 6. The number of aldehydes is 1. The molecule has 0 radical (unpaired) electrons. The zero-order chi connectivity index (χ0) is 25.7. The lowest BCUT2D eigenvalue weighted by molar-refractivity contribution is -0.132. The van der Waals surface area contributed by atoms with Crippen LogP contribution in [0.25, 0.3) is 0 Å². The van der Waals surface area contributed by atoms with Crippen LogP contribution in [-0.4, -0.2) is 85.0 Å². The molecule has 0 aliphatic carbocycles. The molecule has 0 heterocycles. The molecule has 0 aliphatic heterocycles. The van der Waals surface area contributed by atoms with Crippen LogP contribution in [0.4, 0.5) is 0 Å². The van der Waals surface area contributed by atoms with Crippen molar-refractivity contribution in [1.29, 1.82) is 0 Å². The summed E-state index contributed by atoms with van der Waals surface area (Å²) in [6.07, 6.45) is 0.536. The van der Waals surface area contributed by atoms with Crippen LogP contribution in [0.3, 0.4) is 0 Å². The second kappa shape index (κ2) is 14.5. The molecule has 33 heavy (non-hydrogen) atoms. The number of carbonyl (C=O) groups is 7. The van der Waals surface area contributed by atoms with Crippen molar-refractivity contribution in [2.45, 2.75) is 64.8 Å². The van der Waals surface area contributed by atoms with E-state index in [9.17, 15) is 33.6 Å². The average molecular weight is 472 g/mol. The quantitative estimate of drug-likeness (QED) is 0.130. The maximum absolute atomic E-state index is 12.0. The molecular weight excluding hydrogens is 438 g/mol. The minimum Gasteiger partial charge on any atom is -0.346 e. The van der Waals surface area contributed by atoms with E-state index in [1.807, 2.05) is 0 Å². The monoisotopic (exact) mass is 471 g/mol. The van der Waals surface area contributed by atoms with E-state index in [1.165, 1.54) is 34.6 Å². The van der Waals surface area contributed by atoms with Gasteiger partial charge >= 0.3 is 0 Å². The summed E-state index contributed by atoms with van der Waals surface area (Å²) in [7, 11) is 0. The topological polar surface area (TPSA) is 218 Å². The van der Waals surface area contributed by atoms with Gasteiger partial charge in [0.25, 0.3) is 0 Å². The van der Waals surface area contributed by atoms with Crippen molar-refractivity contribution in [2.75, 3.05) is 13.1 Å². The molecule has 0 spiro atoms. The van der Waals surface area contributed by atoms with Crippen molar-refractivity contribution in [2.24, 2.45) is 5.73 Å². The van der Waals surface area contributed by atoms with Gasteiger partial charge in [-0.1, -0.05) is 0 Å². The Hall–Kier alpha value is -3.55.